The molecule has 0 unspecified atom stereocenters. The van der Waals surface area contributed by atoms with Crippen molar-refractivity contribution in [3.8, 4) is 5.75 Å². The summed E-state index contributed by atoms with van der Waals surface area (Å²) in [5, 5.41) is 3.31. The zero-order chi connectivity index (χ0) is 21.1. The van der Waals surface area contributed by atoms with Crippen molar-refractivity contribution in [2.45, 2.75) is 52.9 Å². The molecule has 0 saturated heterocycles. The SMILES string of the molecule is CCOC(=O)C1=C(C)NC2=C(C(=O)CCC2)[C@H]1c1cc(Br)ccc1OCC(C)C. The van der Waals surface area contributed by atoms with Gasteiger partial charge in [0, 0.05) is 33.4 Å². The summed E-state index contributed by atoms with van der Waals surface area (Å²) >= 11 is 3.54. The molecule has 156 valence electrons. The largest absolute Gasteiger partial charge is 0.493 e. The van der Waals surface area contributed by atoms with Gasteiger partial charge in [-0.1, -0.05) is 29.8 Å². The highest BCUT2D eigenvalue weighted by molar-refractivity contribution is 9.10. The zero-order valence-corrected chi connectivity index (χ0v) is 19.0. The monoisotopic (exact) mass is 461 g/mol. The van der Waals surface area contributed by atoms with E-state index in [1.807, 2.05) is 25.1 Å². The second-order valence-electron chi connectivity index (χ2n) is 7.87. The second-order valence-corrected chi connectivity index (χ2v) is 8.79. The number of halogens is 1. The Labute approximate surface area is 180 Å². The fourth-order valence-corrected chi connectivity index (χ4v) is 4.29. The molecule has 0 saturated carbocycles. The molecule has 1 atom stereocenters. The summed E-state index contributed by atoms with van der Waals surface area (Å²) in [6.45, 7) is 8.65. The molecule has 0 fully saturated rings. The van der Waals surface area contributed by atoms with Gasteiger partial charge in [-0.2, -0.15) is 0 Å². The molecule has 0 bridgehead atoms. The number of rotatable bonds is 6. The van der Waals surface area contributed by atoms with Gasteiger partial charge >= 0.3 is 5.97 Å². The first-order valence-electron chi connectivity index (χ1n) is 10.2. The van der Waals surface area contributed by atoms with Crippen molar-refractivity contribution < 1.29 is 19.1 Å². The van der Waals surface area contributed by atoms with E-state index in [2.05, 4.69) is 35.1 Å². The number of dihydropyridines is 1. The molecule has 1 aliphatic heterocycles. The lowest BCUT2D eigenvalue weighted by molar-refractivity contribution is -0.138. The number of ether oxygens (including phenoxy) is 2. The Bertz CT molecular complexity index is 885. The predicted molar refractivity (Wildman–Crippen MR) is 116 cm³/mol. The Morgan fingerprint density at radius 3 is 2.76 bits per heavy atom. The molecular weight excluding hydrogens is 434 g/mol. The van der Waals surface area contributed by atoms with Gasteiger partial charge in [-0.3, -0.25) is 4.79 Å². The van der Waals surface area contributed by atoms with Gasteiger partial charge in [0.05, 0.1) is 24.7 Å². The van der Waals surface area contributed by atoms with Crippen LogP contribution < -0.4 is 10.1 Å². The van der Waals surface area contributed by atoms with Crippen molar-refractivity contribution in [2.75, 3.05) is 13.2 Å². The lowest BCUT2D eigenvalue weighted by Crippen LogP contribution is -2.34. The molecule has 29 heavy (non-hydrogen) atoms. The molecule has 0 amide bonds. The molecule has 2 aliphatic rings. The van der Waals surface area contributed by atoms with Gasteiger partial charge < -0.3 is 14.8 Å². The molecule has 6 heteroatoms. The highest BCUT2D eigenvalue weighted by Crippen LogP contribution is 2.46. The van der Waals surface area contributed by atoms with Gasteiger partial charge in [-0.15, -0.1) is 0 Å². The van der Waals surface area contributed by atoms with Crippen LogP contribution in [0.3, 0.4) is 0 Å². The van der Waals surface area contributed by atoms with Gasteiger partial charge in [0.1, 0.15) is 5.75 Å². The van der Waals surface area contributed by atoms with E-state index in [0.717, 1.165) is 34.3 Å². The van der Waals surface area contributed by atoms with Crippen LogP contribution in [0.25, 0.3) is 0 Å². The topological polar surface area (TPSA) is 64.6 Å². The van der Waals surface area contributed by atoms with Gasteiger partial charge in [-0.25, -0.2) is 4.79 Å². The standard InChI is InChI=1S/C23H28BrNO4/c1-5-28-23(27)20-14(4)25-17-7-6-8-18(26)22(17)21(20)16-11-15(24)9-10-19(16)29-12-13(2)3/h9-11,13,21,25H,5-8,12H2,1-4H3/t21-/m0/s1. The number of benzene rings is 1. The van der Waals surface area contributed by atoms with Crippen molar-refractivity contribution in [1.29, 1.82) is 0 Å². The maximum Gasteiger partial charge on any atom is 0.336 e. The average molecular weight is 462 g/mol. The van der Waals surface area contributed by atoms with E-state index in [4.69, 9.17) is 9.47 Å². The van der Waals surface area contributed by atoms with Crippen molar-refractivity contribution >= 4 is 27.7 Å². The van der Waals surface area contributed by atoms with Crippen molar-refractivity contribution in [3.63, 3.8) is 0 Å². The first-order chi connectivity index (χ1) is 13.8. The molecule has 1 heterocycles. The Morgan fingerprint density at radius 2 is 2.07 bits per heavy atom. The van der Waals surface area contributed by atoms with Crippen LogP contribution in [0.5, 0.6) is 5.75 Å². The third kappa shape index (κ3) is 4.58. The minimum Gasteiger partial charge on any atom is -0.493 e. The van der Waals surface area contributed by atoms with Gasteiger partial charge in [0.15, 0.2) is 5.78 Å². The molecule has 1 N–H and O–H groups in total. The average Bonchev–Trinajstić information content (AvgIpc) is 2.66. The number of carbonyl (C=O) groups is 2. The second kappa shape index (κ2) is 9.16. The highest BCUT2D eigenvalue weighted by Gasteiger charge is 2.40. The quantitative estimate of drug-likeness (QED) is 0.602. The third-order valence-corrected chi connectivity index (χ3v) is 5.62. The Morgan fingerprint density at radius 1 is 1.31 bits per heavy atom. The van der Waals surface area contributed by atoms with Gasteiger partial charge in [0.25, 0.3) is 0 Å². The molecular formula is C23H28BrNO4. The summed E-state index contributed by atoms with van der Waals surface area (Å²) in [7, 11) is 0. The number of ketones is 1. The maximum absolute atomic E-state index is 13.0. The minimum atomic E-state index is -0.502. The van der Waals surface area contributed by atoms with E-state index < -0.39 is 11.9 Å². The molecule has 1 aliphatic carbocycles. The van der Waals surface area contributed by atoms with E-state index in [1.165, 1.54) is 0 Å². The predicted octanol–water partition coefficient (Wildman–Crippen LogP) is 5.01. The van der Waals surface area contributed by atoms with E-state index >= 15 is 0 Å². The summed E-state index contributed by atoms with van der Waals surface area (Å²) in [5.41, 5.74) is 3.60. The summed E-state index contributed by atoms with van der Waals surface area (Å²) in [6, 6.07) is 5.76. The lowest BCUT2D eigenvalue weighted by atomic mass is 9.75. The summed E-state index contributed by atoms with van der Waals surface area (Å²) in [5.74, 6) is 0.217. The van der Waals surface area contributed by atoms with Crippen LogP contribution in [0, 0.1) is 5.92 Å². The third-order valence-electron chi connectivity index (χ3n) is 5.13. The number of nitrogens with one attached hydrogen (secondary N) is 1. The number of hydrogen-bond acceptors (Lipinski definition) is 5. The first kappa shape index (κ1) is 21.6. The van der Waals surface area contributed by atoms with Crippen molar-refractivity contribution in [1.82, 2.24) is 5.32 Å². The molecule has 1 aromatic carbocycles. The van der Waals surface area contributed by atoms with Crippen molar-refractivity contribution in [3.05, 3.63) is 50.8 Å². The fourth-order valence-electron chi connectivity index (χ4n) is 3.91. The Kier molecular flexibility index (Phi) is 6.83. The molecule has 0 aromatic heterocycles. The number of Topliss-reactive ketones (excluding diaryl/α,β-unsaturated/α-hetero) is 1. The minimum absolute atomic E-state index is 0.0767. The number of esters is 1. The zero-order valence-electron chi connectivity index (χ0n) is 17.4. The summed E-state index contributed by atoms with van der Waals surface area (Å²) < 4.78 is 12.3. The fraction of sp³-hybridized carbons (Fsp3) is 0.478. The van der Waals surface area contributed by atoms with Crippen LogP contribution in [0.4, 0.5) is 0 Å². The van der Waals surface area contributed by atoms with Crippen LogP contribution in [0.1, 0.15) is 58.4 Å². The molecule has 5 nitrogen and oxygen atoms in total. The highest BCUT2D eigenvalue weighted by atomic mass is 79.9. The van der Waals surface area contributed by atoms with Crippen molar-refractivity contribution in [2.24, 2.45) is 5.92 Å². The van der Waals surface area contributed by atoms with E-state index in [0.29, 0.717) is 35.8 Å². The Balaban J connectivity index is 2.19. The number of hydrogen-bond donors (Lipinski definition) is 1. The number of allylic oxidation sites excluding steroid dienone is 3. The Hall–Kier alpha value is -2.08. The molecule has 1 aromatic rings. The van der Waals surface area contributed by atoms with E-state index in [9.17, 15) is 9.59 Å². The molecule has 3 rings (SSSR count). The first-order valence-corrected chi connectivity index (χ1v) is 11.0. The lowest BCUT2D eigenvalue weighted by Gasteiger charge is -2.34. The van der Waals surface area contributed by atoms with Gasteiger partial charge in [-0.05, 0) is 50.8 Å². The van der Waals surface area contributed by atoms with Crippen LogP contribution in [0.15, 0.2) is 45.2 Å². The van der Waals surface area contributed by atoms with Crippen LogP contribution in [-0.2, 0) is 14.3 Å². The van der Waals surface area contributed by atoms with Crippen LogP contribution in [-0.4, -0.2) is 25.0 Å². The summed E-state index contributed by atoms with van der Waals surface area (Å²) in [6.07, 6.45) is 2.10. The van der Waals surface area contributed by atoms with Crippen LogP contribution >= 0.6 is 15.9 Å². The maximum atomic E-state index is 13.0. The van der Waals surface area contributed by atoms with E-state index in [-0.39, 0.29) is 12.4 Å². The van der Waals surface area contributed by atoms with Gasteiger partial charge in [0.2, 0.25) is 0 Å². The normalized spacial score (nSPS) is 19.2. The number of carbonyl (C=O) groups excluding carboxylic acids is 2. The molecule has 0 radical (unpaired) electrons. The molecule has 0 spiro atoms. The smallest absolute Gasteiger partial charge is 0.336 e. The van der Waals surface area contributed by atoms with Crippen LogP contribution in [0.2, 0.25) is 0 Å². The van der Waals surface area contributed by atoms with E-state index in [1.54, 1.807) is 6.92 Å². The summed E-state index contributed by atoms with van der Waals surface area (Å²) in [4.78, 5) is 25.9.